The second-order valence-electron chi connectivity index (χ2n) is 5.67. The highest BCUT2D eigenvalue weighted by Crippen LogP contribution is 2.50. The molecule has 2 fully saturated rings. The molecule has 0 radical (unpaired) electrons. The van der Waals surface area contributed by atoms with Crippen molar-refractivity contribution in [3.63, 3.8) is 0 Å². The molecule has 0 aromatic rings. The average molecular weight is 219 g/mol. The van der Waals surface area contributed by atoms with Crippen molar-refractivity contribution in [1.82, 2.24) is 5.32 Å². The van der Waals surface area contributed by atoms with Crippen LogP contribution in [0.4, 0.5) is 0 Å². The topological polar surface area (TPSA) is 12.0 Å². The molecule has 16 heavy (non-hydrogen) atoms. The first-order valence-electron chi connectivity index (χ1n) is 7.00. The molecule has 2 rings (SSSR count). The average Bonchev–Trinajstić information content (AvgIpc) is 2.88. The fourth-order valence-electron chi connectivity index (χ4n) is 3.88. The van der Waals surface area contributed by atoms with E-state index in [1.54, 1.807) is 0 Å². The molecule has 0 spiro atoms. The number of hydrogen-bond donors (Lipinski definition) is 1. The van der Waals surface area contributed by atoms with Crippen LogP contribution in [0.1, 0.15) is 51.9 Å². The Balaban J connectivity index is 1.78. The molecule has 90 valence electrons. The van der Waals surface area contributed by atoms with Gasteiger partial charge in [-0.25, -0.2) is 0 Å². The zero-order chi connectivity index (χ0) is 11.4. The van der Waals surface area contributed by atoms with Gasteiger partial charge in [-0.05, 0) is 56.4 Å². The van der Waals surface area contributed by atoms with E-state index in [4.69, 9.17) is 6.42 Å². The molecular formula is C15H25N. The van der Waals surface area contributed by atoms with E-state index in [0.717, 1.165) is 37.1 Å². The van der Waals surface area contributed by atoms with Crippen LogP contribution in [0.2, 0.25) is 0 Å². The molecule has 0 amide bonds. The molecule has 0 aliphatic heterocycles. The van der Waals surface area contributed by atoms with Crippen LogP contribution in [0.3, 0.4) is 0 Å². The summed E-state index contributed by atoms with van der Waals surface area (Å²) in [4.78, 5) is 0. The van der Waals surface area contributed by atoms with Crippen LogP contribution in [-0.4, -0.2) is 12.6 Å². The zero-order valence-corrected chi connectivity index (χ0v) is 10.5. The van der Waals surface area contributed by atoms with Gasteiger partial charge in [-0.3, -0.25) is 0 Å². The third-order valence-corrected chi connectivity index (χ3v) is 4.60. The first-order chi connectivity index (χ1) is 7.83. The van der Waals surface area contributed by atoms with Crippen molar-refractivity contribution in [2.45, 2.75) is 57.9 Å². The summed E-state index contributed by atoms with van der Waals surface area (Å²) >= 11 is 0. The van der Waals surface area contributed by atoms with E-state index in [9.17, 15) is 0 Å². The van der Waals surface area contributed by atoms with E-state index in [0.29, 0.717) is 6.04 Å². The summed E-state index contributed by atoms with van der Waals surface area (Å²) in [6, 6.07) is 0.672. The summed E-state index contributed by atoms with van der Waals surface area (Å²) in [6.45, 7) is 3.28. The number of nitrogens with one attached hydrogen (secondary N) is 1. The largest absolute Gasteiger partial charge is 0.314 e. The molecule has 0 aromatic carbocycles. The molecule has 0 aromatic heterocycles. The highest BCUT2D eigenvalue weighted by molar-refractivity contribution is 4.93. The van der Waals surface area contributed by atoms with Crippen molar-refractivity contribution in [2.24, 2.45) is 17.8 Å². The Bertz CT molecular complexity index is 253. The standard InChI is InChI=1S/C15H25N/c1-3-5-6-15(16-4-2)11-14-10-12-7-8-13(14)9-12/h1,12-16H,4-11H2,2H3. The molecule has 2 aliphatic rings. The molecule has 4 unspecified atom stereocenters. The van der Waals surface area contributed by atoms with Crippen molar-refractivity contribution in [2.75, 3.05) is 6.54 Å². The van der Waals surface area contributed by atoms with Crippen LogP contribution in [0.25, 0.3) is 0 Å². The summed E-state index contributed by atoms with van der Waals surface area (Å²) in [7, 11) is 0. The van der Waals surface area contributed by atoms with Gasteiger partial charge in [0.25, 0.3) is 0 Å². The smallest absolute Gasteiger partial charge is 0.0101 e. The Morgan fingerprint density at radius 1 is 1.38 bits per heavy atom. The summed E-state index contributed by atoms with van der Waals surface area (Å²) < 4.78 is 0. The quantitative estimate of drug-likeness (QED) is 0.676. The zero-order valence-electron chi connectivity index (χ0n) is 10.5. The molecule has 2 saturated carbocycles. The summed E-state index contributed by atoms with van der Waals surface area (Å²) in [5, 5.41) is 3.61. The third kappa shape index (κ3) is 2.80. The highest BCUT2D eigenvalue weighted by atomic mass is 14.9. The molecule has 2 bridgehead atoms. The number of terminal acetylenes is 1. The van der Waals surface area contributed by atoms with Gasteiger partial charge in [0.15, 0.2) is 0 Å². The van der Waals surface area contributed by atoms with Crippen LogP contribution in [0.15, 0.2) is 0 Å². The van der Waals surface area contributed by atoms with Crippen LogP contribution >= 0.6 is 0 Å². The Kier molecular flexibility index (Phi) is 4.29. The second kappa shape index (κ2) is 5.73. The summed E-state index contributed by atoms with van der Waals surface area (Å²) in [5.74, 6) is 5.90. The number of rotatable bonds is 6. The summed E-state index contributed by atoms with van der Waals surface area (Å²) in [5.41, 5.74) is 0. The molecule has 4 atom stereocenters. The highest BCUT2D eigenvalue weighted by Gasteiger charge is 2.39. The second-order valence-corrected chi connectivity index (χ2v) is 5.67. The molecule has 1 heteroatoms. The first-order valence-corrected chi connectivity index (χ1v) is 7.00. The van der Waals surface area contributed by atoms with Gasteiger partial charge in [0.1, 0.15) is 0 Å². The predicted molar refractivity (Wildman–Crippen MR) is 69.1 cm³/mol. The minimum absolute atomic E-state index is 0.672. The molecule has 2 aliphatic carbocycles. The van der Waals surface area contributed by atoms with Crippen LogP contribution < -0.4 is 5.32 Å². The number of fused-ring (bicyclic) bond motifs is 2. The molecular weight excluding hydrogens is 194 g/mol. The Labute approximate surface area is 100 Å². The van der Waals surface area contributed by atoms with E-state index >= 15 is 0 Å². The van der Waals surface area contributed by atoms with Gasteiger partial charge in [0, 0.05) is 12.5 Å². The van der Waals surface area contributed by atoms with Gasteiger partial charge < -0.3 is 5.32 Å². The molecule has 0 saturated heterocycles. The van der Waals surface area contributed by atoms with Gasteiger partial charge in [-0.15, -0.1) is 12.3 Å². The van der Waals surface area contributed by atoms with Gasteiger partial charge >= 0.3 is 0 Å². The maximum absolute atomic E-state index is 5.36. The Morgan fingerprint density at radius 2 is 2.25 bits per heavy atom. The van der Waals surface area contributed by atoms with Crippen LogP contribution in [0, 0.1) is 30.1 Å². The molecule has 0 heterocycles. The van der Waals surface area contributed by atoms with E-state index in [-0.39, 0.29) is 0 Å². The summed E-state index contributed by atoms with van der Waals surface area (Å²) in [6.07, 6.45) is 14.9. The molecule has 1 N–H and O–H groups in total. The lowest BCUT2D eigenvalue weighted by atomic mass is 9.83. The lowest BCUT2D eigenvalue weighted by molar-refractivity contribution is 0.274. The maximum atomic E-state index is 5.36. The van der Waals surface area contributed by atoms with Gasteiger partial charge in [-0.1, -0.05) is 13.3 Å². The maximum Gasteiger partial charge on any atom is 0.0101 e. The normalized spacial score (nSPS) is 33.9. The van der Waals surface area contributed by atoms with Crippen molar-refractivity contribution >= 4 is 0 Å². The minimum Gasteiger partial charge on any atom is -0.314 e. The predicted octanol–water partition coefficient (Wildman–Crippen LogP) is 3.20. The SMILES string of the molecule is C#CCCC(CC1CC2CCC1C2)NCC. The van der Waals surface area contributed by atoms with Gasteiger partial charge in [0.05, 0.1) is 0 Å². The van der Waals surface area contributed by atoms with Crippen LogP contribution in [0.5, 0.6) is 0 Å². The van der Waals surface area contributed by atoms with Gasteiger partial charge in [-0.2, -0.15) is 0 Å². The van der Waals surface area contributed by atoms with Crippen molar-refractivity contribution in [1.29, 1.82) is 0 Å². The fraction of sp³-hybridized carbons (Fsp3) is 0.867. The monoisotopic (exact) mass is 219 g/mol. The van der Waals surface area contributed by atoms with Gasteiger partial charge in [0.2, 0.25) is 0 Å². The van der Waals surface area contributed by atoms with E-state index in [1.807, 2.05) is 0 Å². The molecule has 1 nitrogen and oxygen atoms in total. The van der Waals surface area contributed by atoms with Crippen molar-refractivity contribution < 1.29 is 0 Å². The Hall–Kier alpha value is -0.480. The minimum atomic E-state index is 0.672. The van der Waals surface area contributed by atoms with Crippen molar-refractivity contribution in [3.8, 4) is 12.3 Å². The lowest BCUT2D eigenvalue weighted by Crippen LogP contribution is -2.32. The first kappa shape index (κ1) is 12.0. The third-order valence-electron chi connectivity index (χ3n) is 4.60. The van der Waals surface area contributed by atoms with E-state index in [2.05, 4.69) is 18.2 Å². The van der Waals surface area contributed by atoms with E-state index < -0.39 is 0 Å². The fourth-order valence-corrected chi connectivity index (χ4v) is 3.88. The lowest BCUT2D eigenvalue weighted by Gasteiger charge is -2.27. The van der Waals surface area contributed by atoms with E-state index in [1.165, 1.54) is 32.1 Å². The Morgan fingerprint density at radius 3 is 2.81 bits per heavy atom. The van der Waals surface area contributed by atoms with Crippen molar-refractivity contribution in [3.05, 3.63) is 0 Å². The number of hydrogen-bond acceptors (Lipinski definition) is 1. The van der Waals surface area contributed by atoms with Crippen LogP contribution in [-0.2, 0) is 0 Å².